The van der Waals surface area contributed by atoms with Gasteiger partial charge < -0.3 is 9.73 Å². The van der Waals surface area contributed by atoms with E-state index in [0.717, 1.165) is 5.56 Å². The minimum Gasteiger partial charge on any atom is -0.421 e. The zero-order valence-corrected chi connectivity index (χ0v) is 9.02. The van der Waals surface area contributed by atoms with Crippen LogP contribution in [0.2, 0.25) is 0 Å². The second kappa shape index (κ2) is 4.14. The van der Waals surface area contributed by atoms with E-state index in [2.05, 4.69) is 15.5 Å². The number of benzene rings is 1. The number of carbonyl (C=O) groups is 1. The Bertz CT molecular complexity index is 519. The van der Waals surface area contributed by atoms with Gasteiger partial charge in [-0.05, 0) is 18.2 Å². The van der Waals surface area contributed by atoms with E-state index < -0.39 is 0 Å². The normalized spacial score (nSPS) is 10.1. The number of anilines is 1. The molecule has 0 radical (unpaired) electrons. The monoisotopic (exact) mass is 217 g/mol. The Labute approximate surface area is 92.5 Å². The van der Waals surface area contributed by atoms with Crippen LogP contribution < -0.4 is 5.32 Å². The predicted molar refractivity (Wildman–Crippen MR) is 58.8 cm³/mol. The molecule has 0 aliphatic heterocycles. The number of hydrogen-bond acceptors (Lipinski definition) is 4. The van der Waals surface area contributed by atoms with Crippen molar-refractivity contribution in [1.82, 2.24) is 10.2 Å². The zero-order chi connectivity index (χ0) is 11.5. The van der Waals surface area contributed by atoms with Crippen LogP contribution in [-0.4, -0.2) is 16.1 Å². The largest absolute Gasteiger partial charge is 0.421 e. The van der Waals surface area contributed by atoms with Crippen molar-refractivity contribution < 1.29 is 9.21 Å². The molecule has 1 amide bonds. The highest BCUT2D eigenvalue weighted by atomic mass is 16.4. The Balaban J connectivity index is 2.32. The van der Waals surface area contributed by atoms with Gasteiger partial charge in [0.15, 0.2) is 0 Å². The van der Waals surface area contributed by atoms with E-state index in [-0.39, 0.29) is 5.91 Å². The molecular weight excluding hydrogens is 206 g/mol. The average Bonchev–Trinajstić information content (AvgIpc) is 2.64. The topological polar surface area (TPSA) is 68.0 Å². The van der Waals surface area contributed by atoms with Gasteiger partial charge in [-0.1, -0.05) is 6.07 Å². The van der Waals surface area contributed by atoms with Gasteiger partial charge in [0.25, 0.3) is 0 Å². The van der Waals surface area contributed by atoms with Crippen LogP contribution >= 0.6 is 0 Å². The van der Waals surface area contributed by atoms with Gasteiger partial charge in [-0.3, -0.25) is 4.79 Å². The van der Waals surface area contributed by atoms with Crippen molar-refractivity contribution in [1.29, 1.82) is 0 Å². The summed E-state index contributed by atoms with van der Waals surface area (Å²) < 4.78 is 5.29. The van der Waals surface area contributed by atoms with E-state index in [9.17, 15) is 4.79 Å². The number of amides is 1. The Morgan fingerprint density at radius 2 is 2.19 bits per heavy atom. The van der Waals surface area contributed by atoms with E-state index in [1.807, 2.05) is 12.1 Å². The molecule has 1 aromatic carbocycles. The quantitative estimate of drug-likeness (QED) is 0.835. The van der Waals surface area contributed by atoms with E-state index >= 15 is 0 Å². The first kappa shape index (κ1) is 10.4. The van der Waals surface area contributed by atoms with Crippen LogP contribution in [0.4, 0.5) is 5.69 Å². The molecule has 2 rings (SSSR count). The van der Waals surface area contributed by atoms with Crippen LogP contribution in [0.25, 0.3) is 11.5 Å². The number of hydrogen-bond donors (Lipinski definition) is 1. The van der Waals surface area contributed by atoms with Gasteiger partial charge in [0, 0.05) is 25.1 Å². The summed E-state index contributed by atoms with van der Waals surface area (Å²) in [6.45, 7) is 3.19. The summed E-state index contributed by atoms with van der Waals surface area (Å²) in [6.07, 6.45) is 0. The minimum atomic E-state index is -0.112. The highest BCUT2D eigenvalue weighted by molar-refractivity contribution is 5.89. The molecule has 0 bridgehead atoms. The van der Waals surface area contributed by atoms with Gasteiger partial charge in [0.2, 0.25) is 17.7 Å². The number of aromatic nitrogens is 2. The van der Waals surface area contributed by atoms with Crippen LogP contribution in [0, 0.1) is 6.92 Å². The maximum absolute atomic E-state index is 10.9. The lowest BCUT2D eigenvalue weighted by atomic mass is 10.2. The van der Waals surface area contributed by atoms with Crippen molar-refractivity contribution in [3.05, 3.63) is 30.2 Å². The van der Waals surface area contributed by atoms with Gasteiger partial charge in [0.05, 0.1) is 0 Å². The summed E-state index contributed by atoms with van der Waals surface area (Å²) in [5, 5.41) is 10.3. The van der Waals surface area contributed by atoms with Gasteiger partial charge >= 0.3 is 0 Å². The van der Waals surface area contributed by atoms with Gasteiger partial charge in [-0.25, -0.2) is 0 Å². The van der Waals surface area contributed by atoms with Crippen LogP contribution in [0.5, 0.6) is 0 Å². The van der Waals surface area contributed by atoms with Crippen molar-refractivity contribution in [2.75, 3.05) is 5.32 Å². The molecule has 0 saturated carbocycles. The third-order valence-corrected chi connectivity index (χ3v) is 1.96. The number of nitrogens with zero attached hydrogens (tertiary/aromatic N) is 2. The third-order valence-electron chi connectivity index (χ3n) is 1.96. The zero-order valence-electron chi connectivity index (χ0n) is 9.02. The summed E-state index contributed by atoms with van der Waals surface area (Å²) in [4.78, 5) is 10.9. The second-order valence-electron chi connectivity index (χ2n) is 3.39. The molecule has 1 N–H and O–H groups in total. The smallest absolute Gasteiger partial charge is 0.247 e. The Hall–Kier alpha value is -2.17. The first-order valence-electron chi connectivity index (χ1n) is 4.83. The van der Waals surface area contributed by atoms with Crippen molar-refractivity contribution >= 4 is 11.6 Å². The van der Waals surface area contributed by atoms with E-state index in [1.54, 1.807) is 19.1 Å². The summed E-state index contributed by atoms with van der Waals surface area (Å²) in [5.74, 6) is 0.850. The average molecular weight is 217 g/mol. The van der Waals surface area contributed by atoms with Gasteiger partial charge in [0.1, 0.15) is 0 Å². The highest BCUT2D eigenvalue weighted by Gasteiger charge is 2.06. The lowest BCUT2D eigenvalue weighted by Crippen LogP contribution is -2.05. The summed E-state index contributed by atoms with van der Waals surface area (Å²) in [7, 11) is 0. The molecule has 2 aromatic rings. The van der Waals surface area contributed by atoms with E-state index in [1.165, 1.54) is 6.92 Å². The first-order valence-corrected chi connectivity index (χ1v) is 4.83. The molecule has 0 saturated heterocycles. The molecule has 16 heavy (non-hydrogen) atoms. The fourth-order valence-corrected chi connectivity index (χ4v) is 1.35. The molecular formula is C11H11N3O2. The second-order valence-corrected chi connectivity index (χ2v) is 3.39. The Morgan fingerprint density at radius 3 is 2.81 bits per heavy atom. The highest BCUT2D eigenvalue weighted by Crippen LogP contribution is 2.21. The Morgan fingerprint density at radius 1 is 1.38 bits per heavy atom. The molecule has 0 aliphatic carbocycles. The fraction of sp³-hybridized carbons (Fsp3) is 0.182. The van der Waals surface area contributed by atoms with E-state index in [0.29, 0.717) is 17.5 Å². The maximum atomic E-state index is 10.9. The number of carbonyl (C=O) groups excluding carboxylic acids is 1. The number of aryl methyl sites for hydroxylation is 1. The Kier molecular flexibility index (Phi) is 2.68. The van der Waals surface area contributed by atoms with Crippen LogP contribution in [0.15, 0.2) is 28.7 Å². The molecule has 0 atom stereocenters. The third kappa shape index (κ3) is 2.25. The van der Waals surface area contributed by atoms with Crippen molar-refractivity contribution in [3.63, 3.8) is 0 Å². The van der Waals surface area contributed by atoms with Crippen LogP contribution in [0.1, 0.15) is 12.8 Å². The van der Waals surface area contributed by atoms with Crippen LogP contribution in [-0.2, 0) is 4.79 Å². The van der Waals surface area contributed by atoms with E-state index in [4.69, 9.17) is 4.42 Å². The van der Waals surface area contributed by atoms with Crippen molar-refractivity contribution in [2.24, 2.45) is 0 Å². The predicted octanol–water partition coefficient (Wildman–Crippen LogP) is 2.00. The fourth-order valence-electron chi connectivity index (χ4n) is 1.35. The summed E-state index contributed by atoms with van der Waals surface area (Å²) >= 11 is 0. The molecule has 82 valence electrons. The van der Waals surface area contributed by atoms with Gasteiger partial charge in [-0.2, -0.15) is 0 Å². The molecule has 0 unspecified atom stereocenters. The molecule has 5 heteroatoms. The molecule has 0 aliphatic rings. The minimum absolute atomic E-state index is 0.112. The first-order chi connectivity index (χ1) is 7.65. The SMILES string of the molecule is CC(=O)Nc1cccc(-c2nnc(C)o2)c1. The lowest BCUT2D eigenvalue weighted by molar-refractivity contribution is -0.114. The number of nitrogens with one attached hydrogen (secondary N) is 1. The molecule has 1 heterocycles. The molecule has 0 spiro atoms. The van der Waals surface area contributed by atoms with Gasteiger partial charge in [-0.15, -0.1) is 10.2 Å². The van der Waals surface area contributed by atoms with Crippen LogP contribution in [0.3, 0.4) is 0 Å². The van der Waals surface area contributed by atoms with Crippen molar-refractivity contribution in [3.8, 4) is 11.5 Å². The molecule has 1 aromatic heterocycles. The summed E-state index contributed by atoms with van der Waals surface area (Å²) in [6, 6.07) is 7.25. The standard InChI is InChI=1S/C11H11N3O2/c1-7(15)12-10-5-3-4-9(6-10)11-14-13-8(2)16-11/h3-6H,1-2H3,(H,12,15). The molecule has 0 fully saturated rings. The molecule has 5 nitrogen and oxygen atoms in total. The maximum Gasteiger partial charge on any atom is 0.247 e. The number of rotatable bonds is 2. The lowest BCUT2D eigenvalue weighted by Gasteiger charge is -2.02. The van der Waals surface area contributed by atoms with Crippen molar-refractivity contribution in [2.45, 2.75) is 13.8 Å². The summed E-state index contributed by atoms with van der Waals surface area (Å²) in [5.41, 5.74) is 1.49.